The summed E-state index contributed by atoms with van der Waals surface area (Å²) in [6.45, 7) is 2.20. The van der Waals surface area contributed by atoms with Crippen LogP contribution in [-0.2, 0) is 4.79 Å². The van der Waals surface area contributed by atoms with E-state index in [-0.39, 0.29) is 5.41 Å². The highest BCUT2D eigenvalue weighted by Crippen LogP contribution is 2.52. The molecule has 2 atom stereocenters. The molecular formula is C14H24O2. The Hall–Kier alpha value is -0.530. The number of carboxylic acids is 1. The van der Waals surface area contributed by atoms with Crippen molar-refractivity contribution in [2.24, 2.45) is 17.3 Å². The fraction of sp³-hybridized carbons (Fsp3) is 0.929. The second kappa shape index (κ2) is 4.77. The van der Waals surface area contributed by atoms with Crippen LogP contribution in [0.3, 0.4) is 0 Å². The molecule has 0 saturated heterocycles. The summed E-state index contributed by atoms with van der Waals surface area (Å²) in [6.07, 6.45) is 10.3. The van der Waals surface area contributed by atoms with E-state index in [9.17, 15) is 9.90 Å². The number of carbonyl (C=O) groups is 1. The van der Waals surface area contributed by atoms with E-state index in [4.69, 9.17) is 0 Å². The first-order chi connectivity index (χ1) is 7.69. The van der Waals surface area contributed by atoms with Crippen LogP contribution in [0.2, 0.25) is 0 Å². The zero-order valence-electron chi connectivity index (χ0n) is 10.4. The highest BCUT2D eigenvalue weighted by atomic mass is 16.4. The molecule has 0 aromatic heterocycles. The Bertz CT molecular complexity index is 255. The Morgan fingerprint density at radius 2 is 1.94 bits per heavy atom. The van der Waals surface area contributed by atoms with Crippen molar-refractivity contribution >= 4 is 5.97 Å². The van der Waals surface area contributed by atoms with E-state index >= 15 is 0 Å². The van der Waals surface area contributed by atoms with Gasteiger partial charge in [0.15, 0.2) is 0 Å². The smallest absolute Gasteiger partial charge is 0.309 e. The number of hydrogen-bond donors (Lipinski definition) is 1. The second-order valence-corrected chi connectivity index (χ2v) is 5.81. The van der Waals surface area contributed by atoms with Gasteiger partial charge in [0, 0.05) is 0 Å². The quantitative estimate of drug-likeness (QED) is 0.790. The van der Waals surface area contributed by atoms with Gasteiger partial charge in [-0.2, -0.15) is 0 Å². The van der Waals surface area contributed by atoms with Crippen LogP contribution in [0.5, 0.6) is 0 Å². The molecule has 0 spiro atoms. The fourth-order valence-electron chi connectivity index (χ4n) is 3.92. The van der Waals surface area contributed by atoms with Gasteiger partial charge in [0.25, 0.3) is 0 Å². The monoisotopic (exact) mass is 224 g/mol. The summed E-state index contributed by atoms with van der Waals surface area (Å²) in [5, 5.41) is 9.63. The van der Waals surface area contributed by atoms with Crippen molar-refractivity contribution in [3.05, 3.63) is 0 Å². The second-order valence-electron chi connectivity index (χ2n) is 5.81. The molecule has 92 valence electrons. The van der Waals surface area contributed by atoms with Gasteiger partial charge in [-0.1, -0.05) is 32.6 Å². The molecule has 2 rings (SSSR count). The fourth-order valence-corrected chi connectivity index (χ4v) is 3.92. The van der Waals surface area contributed by atoms with E-state index in [1.54, 1.807) is 0 Å². The van der Waals surface area contributed by atoms with E-state index in [1.165, 1.54) is 19.3 Å². The zero-order chi connectivity index (χ0) is 11.6. The van der Waals surface area contributed by atoms with Gasteiger partial charge in [-0.05, 0) is 43.9 Å². The number of carboxylic acid groups (broad SMARTS) is 1. The van der Waals surface area contributed by atoms with E-state index in [1.807, 2.05) is 0 Å². The lowest BCUT2D eigenvalue weighted by Gasteiger charge is -2.36. The third kappa shape index (κ3) is 1.99. The molecule has 0 bridgehead atoms. The summed E-state index contributed by atoms with van der Waals surface area (Å²) >= 11 is 0. The van der Waals surface area contributed by atoms with Crippen LogP contribution in [0.4, 0.5) is 0 Å². The Labute approximate surface area is 98.4 Å². The molecule has 0 aliphatic heterocycles. The maximum absolute atomic E-state index is 11.7. The van der Waals surface area contributed by atoms with Gasteiger partial charge in [-0.3, -0.25) is 4.79 Å². The SMILES string of the molecule is CCC1CCC(C(=O)O)(C2CCCCC2)C1. The number of aliphatic carboxylic acids is 1. The molecule has 2 heteroatoms. The Morgan fingerprint density at radius 3 is 2.44 bits per heavy atom. The molecule has 0 amide bonds. The zero-order valence-corrected chi connectivity index (χ0v) is 10.4. The molecule has 2 nitrogen and oxygen atoms in total. The lowest BCUT2D eigenvalue weighted by atomic mass is 9.67. The predicted octanol–water partition coefficient (Wildman–Crippen LogP) is 3.85. The van der Waals surface area contributed by atoms with Crippen molar-refractivity contribution in [3.63, 3.8) is 0 Å². The molecular weight excluding hydrogens is 200 g/mol. The molecule has 2 unspecified atom stereocenters. The van der Waals surface area contributed by atoms with Crippen LogP contribution < -0.4 is 0 Å². The van der Waals surface area contributed by atoms with Gasteiger partial charge in [0.05, 0.1) is 5.41 Å². The molecule has 16 heavy (non-hydrogen) atoms. The van der Waals surface area contributed by atoms with Crippen molar-refractivity contribution in [1.29, 1.82) is 0 Å². The average Bonchev–Trinajstić information content (AvgIpc) is 2.75. The molecule has 1 N–H and O–H groups in total. The Morgan fingerprint density at radius 1 is 1.25 bits per heavy atom. The summed E-state index contributed by atoms with van der Waals surface area (Å²) < 4.78 is 0. The third-order valence-corrected chi connectivity index (χ3v) is 5.04. The minimum Gasteiger partial charge on any atom is -0.481 e. The lowest BCUT2D eigenvalue weighted by molar-refractivity contribution is -0.153. The van der Waals surface area contributed by atoms with Crippen LogP contribution in [0.15, 0.2) is 0 Å². The van der Waals surface area contributed by atoms with Gasteiger partial charge in [0.2, 0.25) is 0 Å². The lowest BCUT2D eigenvalue weighted by Crippen LogP contribution is -2.37. The molecule has 2 aliphatic rings. The standard InChI is InChI=1S/C14H24O2/c1-2-11-8-9-14(10-11,13(15)16)12-6-4-3-5-7-12/h11-12H,2-10H2,1H3,(H,15,16). The van der Waals surface area contributed by atoms with Gasteiger partial charge in [-0.15, -0.1) is 0 Å². The van der Waals surface area contributed by atoms with Crippen molar-refractivity contribution < 1.29 is 9.90 Å². The van der Waals surface area contributed by atoms with Crippen molar-refractivity contribution in [2.75, 3.05) is 0 Å². The van der Waals surface area contributed by atoms with Crippen LogP contribution in [0.1, 0.15) is 64.7 Å². The van der Waals surface area contributed by atoms with Crippen LogP contribution in [-0.4, -0.2) is 11.1 Å². The normalized spacial score (nSPS) is 36.4. The van der Waals surface area contributed by atoms with Gasteiger partial charge in [0.1, 0.15) is 0 Å². The van der Waals surface area contributed by atoms with Crippen LogP contribution in [0, 0.1) is 17.3 Å². The number of rotatable bonds is 3. The predicted molar refractivity (Wildman–Crippen MR) is 64.3 cm³/mol. The maximum atomic E-state index is 11.7. The summed E-state index contributed by atoms with van der Waals surface area (Å²) in [5.41, 5.74) is -0.346. The summed E-state index contributed by atoms with van der Waals surface area (Å²) in [6, 6.07) is 0. The van der Waals surface area contributed by atoms with E-state index in [0.29, 0.717) is 11.8 Å². The summed E-state index contributed by atoms with van der Waals surface area (Å²) in [4.78, 5) is 11.7. The molecule has 2 saturated carbocycles. The average molecular weight is 224 g/mol. The van der Waals surface area contributed by atoms with Crippen molar-refractivity contribution in [2.45, 2.75) is 64.7 Å². The molecule has 0 heterocycles. The molecule has 0 aromatic carbocycles. The Kier molecular flexibility index (Phi) is 3.56. The molecule has 2 aliphatic carbocycles. The third-order valence-electron chi connectivity index (χ3n) is 5.04. The van der Waals surface area contributed by atoms with Gasteiger partial charge in [-0.25, -0.2) is 0 Å². The minimum absolute atomic E-state index is 0.346. The first-order valence-corrected chi connectivity index (χ1v) is 6.92. The Balaban J connectivity index is 2.12. The largest absolute Gasteiger partial charge is 0.481 e. The number of hydrogen-bond acceptors (Lipinski definition) is 1. The van der Waals surface area contributed by atoms with E-state index in [0.717, 1.165) is 38.5 Å². The molecule has 2 fully saturated rings. The van der Waals surface area contributed by atoms with Crippen LogP contribution >= 0.6 is 0 Å². The highest BCUT2D eigenvalue weighted by molar-refractivity contribution is 5.75. The van der Waals surface area contributed by atoms with Gasteiger partial charge < -0.3 is 5.11 Å². The van der Waals surface area contributed by atoms with Gasteiger partial charge >= 0.3 is 5.97 Å². The first-order valence-electron chi connectivity index (χ1n) is 6.92. The highest BCUT2D eigenvalue weighted by Gasteiger charge is 2.50. The topological polar surface area (TPSA) is 37.3 Å². The molecule has 0 aromatic rings. The first kappa shape index (κ1) is 11.9. The minimum atomic E-state index is -0.504. The van der Waals surface area contributed by atoms with Crippen molar-refractivity contribution in [3.8, 4) is 0 Å². The van der Waals surface area contributed by atoms with Crippen molar-refractivity contribution in [1.82, 2.24) is 0 Å². The van der Waals surface area contributed by atoms with Crippen LogP contribution in [0.25, 0.3) is 0 Å². The molecule has 0 radical (unpaired) electrons. The summed E-state index contributed by atoms with van der Waals surface area (Å²) in [5.74, 6) is 0.628. The van der Waals surface area contributed by atoms with E-state index < -0.39 is 5.97 Å². The van der Waals surface area contributed by atoms with E-state index in [2.05, 4.69) is 6.92 Å². The summed E-state index contributed by atoms with van der Waals surface area (Å²) in [7, 11) is 0. The maximum Gasteiger partial charge on any atom is 0.309 e.